The molecule has 0 bridgehead atoms. The molecule has 8 nitrogen and oxygen atoms in total. The fourth-order valence-electron chi connectivity index (χ4n) is 2.97. The van der Waals surface area contributed by atoms with Crippen molar-refractivity contribution < 1.29 is 32.4 Å². The molecule has 166 valence electrons. The van der Waals surface area contributed by atoms with Crippen molar-refractivity contribution in [1.29, 1.82) is 0 Å². The summed E-state index contributed by atoms with van der Waals surface area (Å²) in [5.74, 6) is -1.00. The predicted molar refractivity (Wildman–Crippen MR) is 107 cm³/mol. The molecule has 3 rings (SSSR count). The number of nitrogens with zero attached hydrogens (tertiary/aromatic N) is 2. The molecule has 0 saturated carbocycles. The van der Waals surface area contributed by atoms with E-state index in [2.05, 4.69) is 5.32 Å². The Morgan fingerprint density at radius 3 is 2.58 bits per heavy atom. The molecule has 0 spiro atoms. The van der Waals surface area contributed by atoms with Crippen LogP contribution in [0.1, 0.15) is 10.4 Å². The average Bonchev–Trinajstić information content (AvgIpc) is 2.72. The number of non-ortho nitro benzene ring substituents is 1. The highest BCUT2D eigenvalue weighted by Gasteiger charge is 2.29. The van der Waals surface area contributed by atoms with Crippen LogP contribution in [0.3, 0.4) is 0 Å². The molecule has 0 aromatic heterocycles. The van der Waals surface area contributed by atoms with Crippen LogP contribution in [-0.2, 0) is 4.74 Å². The van der Waals surface area contributed by atoms with Crippen LogP contribution in [0, 0.1) is 10.1 Å². The summed E-state index contributed by atoms with van der Waals surface area (Å²) in [4.78, 5) is 25.4. The maximum Gasteiger partial charge on any atom is 0.422 e. The first-order chi connectivity index (χ1) is 14.6. The van der Waals surface area contributed by atoms with E-state index in [4.69, 9.17) is 21.1 Å². The molecule has 1 amide bonds. The zero-order valence-electron chi connectivity index (χ0n) is 15.9. The molecule has 1 aliphatic heterocycles. The topological polar surface area (TPSA) is 93.9 Å². The molecule has 0 aliphatic carbocycles. The van der Waals surface area contributed by atoms with Gasteiger partial charge in [-0.25, -0.2) is 0 Å². The molecule has 0 unspecified atom stereocenters. The van der Waals surface area contributed by atoms with Crippen LogP contribution in [0.25, 0.3) is 0 Å². The third-order valence-electron chi connectivity index (χ3n) is 4.37. The number of amides is 1. The van der Waals surface area contributed by atoms with Crippen molar-refractivity contribution >= 4 is 34.6 Å². The van der Waals surface area contributed by atoms with Gasteiger partial charge in [0.15, 0.2) is 6.61 Å². The molecule has 1 N–H and O–H groups in total. The highest BCUT2D eigenvalue weighted by molar-refractivity contribution is 6.31. The minimum absolute atomic E-state index is 0.0159. The highest BCUT2D eigenvalue weighted by atomic mass is 35.5. The number of carbonyl (C=O) groups excluding carboxylic acids is 1. The summed E-state index contributed by atoms with van der Waals surface area (Å²) in [6.07, 6.45) is -4.58. The molecule has 1 saturated heterocycles. The van der Waals surface area contributed by atoms with Crippen LogP contribution in [0.2, 0.25) is 5.02 Å². The summed E-state index contributed by atoms with van der Waals surface area (Å²) in [5.41, 5.74) is 0.0204. The maximum absolute atomic E-state index is 13.0. The van der Waals surface area contributed by atoms with E-state index < -0.39 is 23.6 Å². The molecule has 2 aromatic rings. The van der Waals surface area contributed by atoms with Crippen LogP contribution >= 0.6 is 11.6 Å². The summed E-state index contributed by atoms with van der Waals surface area (Å²) in [6.45, 7) is 0.210. The van der Waals surface area contributed by atoms with Gasteiger partial charge in [-0.05, 0) is 24.3 Å². The van der Waals surface area contributed by atoms with E-state index in [1.807, 2.05) is 4.90 Å². The Balaban J connectivity index is 1.93. The second-order valence-electron chi connectivity index (χ2n) is 6.56. The number of morpholine rings is 1. The molecular formula is C19H17ClF3N3O5. The molecular weight excluding hydrogens is 443 g/mol. The SMILES string of the molecule is O=C(Nc1cc(Cl)ccc1OCC(F)(F)F)c1cc([N+](=O)[O-])ccc1N1CCOCC1. The summed E-state index contributed by atoms with van der Waals surface area (Å²) < 4.78 is 47.7. The lowest BCUT2D eigenvalue weighted by Crippen LogP contribution is -2.37. The fraction of sp³-hybridized carbons (Fsp3) is 0.316. The Morgan fingerprint density at radius 2 is 1.94 bits per heavy atom. The van der Waals surface area contributed by atoms with Crippen molar-refractivity contribution in [2.24, 2.45) is 0 Å². The quantitative estimate of drug-likeness (QED) is 0.512. The van der Waals surface area contributed by atoms with Gasteiger partial charge in [-0.2, -0.15) is 13.2 Å². The highest BCUT2D eigenvalue weighted by Crippen LogP contribution is 2.32. The largest absolute Gasteiger partial charge is 0.482 e. The number of nitro benzene ring substituents is 1. The second-order valence-corrected chi connectivity index (χ2v) is 6.99. The predicted octanol–water partition coefficient (Wildman–Crippen LogP) is 4.28. The third kappa shape index (κ3) is 5.98. The van der Waals surface area contributed by atoms with E-state index in [9.17, 15) is 28.1 Å². The Morgan fingerprint density at radius 1 is 1.23 bits per heavy atom. The van der Waals surface area contributed by atoms with Crippen molar-refractivity contribution in [3.8, 4) is 5.75 Å². The molecule has 2 aromatic carbocycles. The number of anilines is 2. The van der Waals surface area contributed by atoms with E-state index >= 15 is 0 Å². The lowest BCUT2D eigenvalue weighted by molar-refractivity contribution is -0.384. The summed E-state index contributed by atoms with van der Waals surface area (Å²) in [5, 5.41) is 13.8. The second kappa shape index (κ2) is 9.40. The van der Waals surface area contributed by atoms with Crippen LogP contribution in [0.15, 0.2) is 36.4 Å². The Labute approximate surface area is 179 Å². The summed E-state index contributed by atoms with van der Waals surface area (Å²) >= 11 is 5.92. The van der Waals surface area contributed by atoms with Crippen LogP contribution < -0.4 is 15.0 Å². The number of rotatable bonds is 6. The lowest BCUT2D eigenvalue weighted by Gasteiger charge is -2.30. The van der Waals surface area contributed by atoms with E-state index in [0.717, 1.165) is 6.07 Å². The minimum atomic E-state index is -4.58. The van der Waals surface area contributed by atoms with E-state index in [1.54, 1.807) is 0 Å². The van der Waals surface area contributed by atoms with Gasteiger partial charge in [-0.1, -0.05) is 11.6 Å². The molecule has 1 heterocycles. The number of hydrogen-bond donors (Lipinski definition) is 1. The van der Waals surface area contributed by atoms with Crippen molar-refractivity contribution in [2.75, 3.05) is 43.1 Å². The number of ether oxygens (including phenoxy) is 2. The van der Waals surface area contributed by atoms with Gasteiger partial charge in [0.2, 0.25) is 0 Å². The first kappa shape index (κ1) is 22.6. The maximum atomic E-state index is 13.0. The lowest BCUT2D eigenvalue weighted by atomic mass is 10.1. The number of alkyl halides is 3. The fourth-order valence-corrected chi connectivity index (χ4v) is 3.15. The molecule has 31 heavy (non-hydrogen) atoms. The van der Waals surface area contributed by atoms with Gasteiger partial charge < -0.3 is 19.7 Å². The van der Waals surface area contributed by atoms with Crippen molar-refractivity contribution in [2.45, 2.75) is 6.18 Å². The van der Waals surface area contributed by atoms with Gasteiger partial charge in [0, 0.05) is 30.2 Å². The van der Waals surface area contributed by atoms with E-state index in [1.165, 1.54) is 30.3 Å². The zero-order valence-corrected chi connectivity index (χ0v) is 16.7. The molecule has 1 aliphatic rings. The Hall–Kier alpha value is -3.05. The average molecular weight is 460 g/mol. The standard InChI is InChI=1S/C19H17ClF3N3O5/c20-12-1-4-17(31-11-19(21,22)23)15(9-12)24-18(27)14-10-13(26(28)29)2-3-16(14)25-5-7-30-8-6-25/h1-4,9-10H,5-8,11H2,(H,24,27). The number of nitrogens with one attached hydrogen (secondary N) is 1. The van der Waals surface area contributed by atoms with Crippen LogP contribution in [0.4, 0.5) is 30.2 Å². The summed E-state index contributed by atoms with van der Waals surface area (Å²) in [6, 6.07) is 7.59. The number of carbonyl (C=O) groups is 1. The minimum Gasteiger partial charge on any atom is -0.482 e. The third-order valence-corrected chi connectivity index (χ3v) is 4.60. The first-order valence-electron chi connectivity index (χ1n) is 9.05. The Bertz CT molecular complexity index is 981. The van der Waals surface area contributed by atoms with Crippen LogP contribution in [0.5, 0.6) is 5.75 Å². The van der Waals surface area contributed by atoms with Crippen molar-refractivity contribution in [3.63, 3.8) is 0 Å². The van der Waals surface area contributed by atoms with Gasteiger partial charge in [-0.15, -0.1) is 0 Å². The molecule has 0 radical (unpaired) electrons. The molecule has 0 atom stereocenters. The van der Waals surface area contributed by atoms with Crippen LogP contribution in [-0.4, -0.2) is 49.9 Å². The monoisotopic (exact) mass is 459 g/mol. The van der Waals surface area contributed by atoms with Crippen molar-refractivity contribution in [3.05, 3.63) is 57.1 Å². The zero-order chi connectivity index (χ0) is 22.6. The van der Waals surface area contributed by atoms with Gasteiger partial charge in [-0.3, -0.25) is 14.9 Å². The molecule has 1 fully saturated rings. The summed E-state index contributed by atoms with van der Waals surface area (Å²) in [7, 11) is 0. The van der Waals surface area contributed by atoms with Gasteiger partial charge >= 0.3 is 6.18 Å². The van der Waals surface area contributed by atoms with Gasteiger partial charge in [0.1, 0.15) is 5.75 Å². The molecule has 12 heteroatoms. The van der Waals surface area contributed by atoms with Gasteiger partial charge in [0.05, 0.1) is 35.1 Å². The Kier molecular flexibility index (Phi) is 6.86. The smallest absolute Gasteiger partial charge is 0.422 e. The van der Waals surface area contributed by atoms with E-state index in [0.29, 0.717) is 32.0 Å². The van der Waals surface area contributed by atoms with Gasteiger partial charge in [0.25, 0.3) is 11.6 Å². The number of halogens is 4. The number of nitro groups is 1. The van der Waals surface area contributed by atoms with E-state index in [-0.39, 0.29) is 27.7 Å². The normalized spacial score (nSPS) is 14.3. The number of hydrogen-bond acceptors (Lipinski definition) is 6. The first-order valence-corrected chi connectivity index (χ1v) is 9.43. The number of benzene rings is 2. The van der Waals surface area contributed by atoms with Crippen molar-refractivity contribution in [1.82, 2.24) is 0 Å².